The first-order valence-corrected chi connectivity index (χ1v) is 9.94. The van der Waals surface area contributed by atoms with Crippen LogP contribution < -0.4 is 10.6 Å². The molecular formula is C18H26N6OS. The highest BCUT2D eigenvalue weighted by Gasteiger charge is 2.22. The Labute approximate surface area is 158 Å². The van der Waals surface area contributed by atoms with Gasteiger partial charge in [0.1, 0.15) is 0 Å². The molecular weight excluding hydrogens is 348 g/mol. The van der Waals surface area contributed by atoms with Crippen LogP contribution in [0, 0.1) is 11.8 Å². The number of carbonyl (C=O) groups excluding carboxylic acids is 1. The number of hydrogen-bond donors (Lipinski definition) is 2. The Morgan fingerprint density at radius 2 is 2.00 bits per heavy atom. The summed E-state index contributed by atoms with van der Waals surface area (Å²) in [5.41, 5.74) is 1.03. The number of thiazole rings is 1. The van der Waals surface area contributed by atoms with Crippen LogP contribution in [0.3, 0.4) is 0 Å². The predicted octanol–water partition coefficient (Wildman–Crippen LogP) is 2.85. The van der Waals surface area contributed by atoms with Crippen molar-refractivity contribution in [1.82, 2.24) is 19.9 Å². The minimum absolute atomic E-state index is 0.0606. The average molecular weight is 375 g/mol. The zero-order chi connectivity index (χ0) is 18.4. The Morgan fingerprint density at radius 3 is 2.73 bits per heavy atom. The van der Waals surface area contributed by atoms with Crippen LogP contribution in [0.15, 0.2) is 23.8 Å². The lowest BCUT2D eigenvalue weighted by Crippen LogP contribution is -2.38. The topological polar surface area (TPSA) is 83.0 Å². The van der Waals surface area contributed by atoms with E-state index in [-0.39, 0.29) is 5.91 Å². The SMILES string of the molecule is CC1CC(C)CN(Cc2csc(NC(=O)CCNc3ncccn3)n2)C1. The number of anilines is 2. The maximum Gasteiger partial charge on any atom is 0.227 e. The molecule has 8 heteroatoms. The first-order chi connectivity index (χ1) is 12.6. The Hall–Kier alpha value is -2.06. The fourth-order valence-electron chi connectivity index (χ4n) is 3.45. The Morgan fingerprint density at radius 1 is 1.27 bits per heavy atom. The number of carbonyl (C=O) groups is 1. The van der Waals surface area contributed by atoms with Crippen molar-refractivity contribution in [2.75, 3.05) is 30.3 Å². The monoisotopic (exact) mass is 374 g/mol. The van der Waals surface area contributed by atoms with Crippen molar-refractivity contribution in [3.8, 4) is 0 Å². The molecule has 2 aromatic heterocycles. The number of amides is 1. The van der Waals surface area contributed by atoms with Gasteiger partial charge in [-0.05, 0) is 24.3 Å². The van der Waals surface area contributed by atoms with E-state index >= 15 is 0 Å². The van der Waals surface area contributed by atoms with Gasteiger partial charge in [-0.15, -0.1) is 11.3 Å². The van der Waals surface area contributed by atoms with Gasteiger partial charge < -0.3 is 10.6 Å². The minimum Gasteiger partial charge on any atom is -0.354 e. The number of piperidine rings is 1. The largest absolute Gasteiger partial charge is 0.354 e. The van der Waals surface area contributed by atoms with Gasteiger partial charge in [0.05, 0.1) is 5.69 Å². The molecule has 0 saturated carbocycles. The molecule has 140 valence electrons. The normalized spacial score (nSPS) is 20.7. The highest BCUT2D eigenvalue weighted by Crippen LogP contribution is 2.24. The van der Waals surface area contributed by atoms with Crippen molar-refractivity contribution < 1.29 is 4.79 Å². The second kappa shape index (κ2) is 9.05. The Balaban J connectivity index is 1.42. The number of nitrogens with one attached hydrogen (secondary N) is 2. The summed E-state index contributed by atoms with van der Waals surface area (Å²) in [5.74, 6) is 1.94. The van der Waals surface area contributed by atoms with Crippen molar-refractivity contribution in [2.24, 2.45) is 11.8 Å². The summed E-state index contributed by atoms with van der Waals surface area (Å²) in [6, 6.07) is 1.75. The van der Waals surface area contributed by atoms with Gasteiger partial charge in [0, 0.05) is 50.4 Å². The molecule has 3 heterocycles. The van der Waals surface area contributed by atoms with Crippen LogP contribution in [0.2, 0.25) is 0 Å². The van der Waals surface area contributed by atoms with Crippen LogP contribution in [0.4, 0.5) is 11.1 Å². The van der Waals surface area contributed by atoms with E-state index in [0.717, 1.165) is 37.2 Å². The first-order valence-electron chi connectivity index (χ1n) is 9.06. The third-order valence-electron chi connectivity index (χ3n) is 4.33. The van der Waals surface area contributed by atoms with Gasteiger partial charge in [0.15, 0.2) is 5.13 Å². The third-order valence-corrected chi connectivity index (χ3v) is 5.14. The summed E-state index contributed by atoms with van der Waals surface area (Å²) in [5, 5.41) is 8.60. The first kappa shape index (κ1) is 18.7. The van der Waals surface area contributed by atoms with Gasteiger partial charge in [-0.1, -0.05) is 13.8 Å². The average Bonchev–Trinajstić information content (AvgIpc) is 3.01. The fraction of sp³-hybridized carbons (Fsp3) is 0.556. The van der Waals surface area contributed by atoms with Crippen LogP contribution >= 0.6 is 11.3 Å². The molecule has 7 nitrogen and oxygen atoms in total. The number of likely N-dealkylation sites (tertiary alicyclic amines) is 1. The zero-order valence-electron chi connectivity index (χ0n) is 15.3. The summed E-state index contributed by atoms with van der Waals surface area (Å²) in [4.78, 5) is 27.2. The van der Waals surface area contributed by atoms with Crippen LogP contribution in [0.25, 0.3) is 0 Å². The lowest BCUT2D eigenvalue weighted by molar-refractivity contribution is -0.115. The molecule has 0 spiro atoms. The van der Waals surface area contributed by atoms with E-state index in [1.165, 1.54) is 17.8 Å². The molecule has 0 radical (unpaired) electrons. The van der Waals surface area contributed by atoms with Gasteiger partial charge >= 0.3 is 0 Å². The Bertz CT molecular complexity index is 697. The van der Waals surface area contributed by atoms with Gasteiger partial charge in [0.2, 0.25) is 11.9 Å². The van der Waals surface area contributed by atoms with Crippen LogP contribution in [-0.2, 0) is 11.3 Å². The lowest BCUT2D eigenvalue weighted by atomic mass is 9.92. The highest BCUT2D eigenvalue weighted by molar-refractivity contribution is 7.13. The van der Waals surface area contributed by atoms with E-state index < -0.39 is 0 Å². The Kier molecular flexibility index (Phi) is 6.51. The van der Waals surface area contributed by atoms with Crippen molar-refractivity contribution in [3.05, 3.63) is 29.5 Å². The number of rotatable bonds is 7. The molecule has 3 rings (SSSR count). The molecule has 0 bridgehead atoms. The van der Waals surface area contributed by atoms with E-state index in [1.54, 1.807) is 18.5 Å². The fourth-order valence-corrected chi connectivity index (χ4v) is 4.16. The maximum atomic E-state index is 12.1. The second-order valence-corrected chi connectivity index (χ2v) is 7.94. The number of aromatic nitrogens is 3. The molecule has 2 aromatic rings. The molecule has 2 N–H and O–H groups in total. The van der Waals surface area contributed by atoms with Gasteiger partial charge in [-0.25, -0.2) is 15.0 Å². The molecule has 1 amide bonds. The second-order valence-electron chi connectivity index (χ2n) is 7.08. The summed E-state index contributed by atoms with van der Waals surface area (Å²) in [7, 11) is 0. The third kappa shape index (κ3) is 5.74. The van der Waals surface area contributed by atoms with Crippen molar-refractivity contribution in [2.45, 2.75) is 33.2 Å². The summed E-state index contributed by atoms with van der Waals surface area (Å²) in [6.45, 7) is 8.20. The van der Waals surface area contributed by atoms with Crippen molar-refractivity contribution in [1.29, 1.82) is 0 Å². The molecule has 1 aliphatic rings. The van der Waals surface area contributed by atoms with Gasteiger partial charge in [0.25, 0.3) is 0 Å². The molecule has 0 aliphatic carbocycles. The molecule has 1 fully saturated rings. The van der Waals surface area contributed by atoms with Crippen molar-refractivity contribution >= 4 is 28.3 Å². The lowest BCUT2D eigenvalue weighted by Gasteiger charge is -2.34. The van der Waals surface area contributed by atoms with E-state index in [1.807, 2.05) is 5.38 Å². The smallest absolute Gasteiger partial charge is 0.227 e. The molecule has 1 saturated heterocycles. The minimum atomic E-state index is -0.0606. The van der Waals surface area contributed by atoms with Crippen LogP contribution in [-0.4, -0.2) is 45.4 Å². The molecule has 0 aromatic carbocycles. The highest BCUT2D eigenvalue weighted by atomic mass is 32.1. The van der Waals surface area contributed by atoms with E-state index in [4.69, 9.17) is 0 Å². The van der Waals surface area contributed by atoms with Crippen LogP contribution in [0.5, 0.6) is 0 Å². The van der Waals surface area contributed by atoms with Crippen molar-refractivity contribution in [3.63, 3.8) is 0 Å². The summed E-state index contributed by atoms with van der Waals surface area (Å²) in [6.07, 6.45) is 4.97. The molecule has 2 atom stereocenters. The summed E-state index contributed by atoms with van der Waals surface area (Å²) < 4.78 is 0. The molecule has 1 aliphatic heterocycles. The van der Waals surface area contributed by atoms with Gasteiger partial charge in [-0.3, -0.25) is 9.69 Å². The zero-order valence-corrected chi connectivity index (χ0v) is 16.1. The summed E-state index contributed by atoms with van der Waals surface area (Å²) >= 11 is 1.48. The molecule has 2 unspecified atom stereocenters. The number of hydrogen-bond acceptors (Lipinski definition) is 7. The predicted molar refractivity (Wildman–Crippen MR) is 104 cm³/mol. The van der Waals surface area contributed by atoms with Gasteiger partial charge in [-0.2, -0.15) is 0 Å². The van der Waals surface area contributed by atoms with E-state index in [2.05, 4.69) is 44.3 Å². The maximum absolute atomic E-state index is 12.1. The van der Waals surface area contributed by atoms with E-state index in [0.29, 0.717) is 24.0 Å². The van der Waals surface area contributed by atoms with E-state index in [9.17, 15) is 4.79 Å². The standard InChI is InChI=1S/C18H26N6OS/c1-13-8-14(2)10-24(9-13)11-15-12-26-18(22-15)23-16(25)4-7-21-17-19-5-3-6-20-17/h3,5-6,12-14H,4,7-11H2,1-2H3,(H,19,20,21)(H,22,23,25). The van der Waals surface area contributed by atoms with Crippen LogP contribution in [0.1, 0.15) is 32.4 Å². The quantitative estimate of drug-likeness (QED) is 0.775. The molecule has 26 heavy (non-hydrogen) atoms. The number of nitrogens with zero attached hydrogens (tertiary/aromatic N) is 4.